The first-order chi connectivity index (χ1) is 11.5. The van der Waals surface area contributed by atoms with E-state index in [-0.39, 0.29) is 17.4 Å². The molecule has 126 valence electrons. The zero-order valence-corrected chi connectivity index (χ0v) is 14.0. The second-order valence-corrected chi connectivity index (χ2v) is 6.43. The summed E-state index contributed by atoms with van der Waals surface area (Å²) in [6.07, 6.45) is 1.98. The minimum atomic E-state index is -0.235. The van der Waals surface area contributed by atoms with Gasteiger partial charge in [-0.1, -0.05) is 12.1 Å². The third-order valence-electron chi connectivity index (χ3n) is 4.47. The number of nitrogens with one attached hydrogen (secondary N) is 2. The van der Waals surface area contributed by atoms with E-state index in [9.17, 15) is 9.59 Å². The molecule has 1 aromatic heterocycles. The van der Waals surface area contributed by atoms with Crippen LogP contribution in [-0.2, 0) is 4.79 Å². The number of aromatic nitrogens is 2. The maximum Gasteiger partial charge on any atom is 0.264 e. The number of carbonyl (C=O) groups is 1. The minimum Gasteiger partial charge on any atom is -0.326 e. The SMILES string of the molecule is Cc1ccc(-c2ccc(=O)[nH]n2)cc1NC(=O)C1CCCN(C)C1. The summed E-state index contributed by atoms with van der Waals surface area (Å²) in [6.45, 7) is 3.81. The lowest BCUT2D eigenvalue weighted by molar-refractivity contribution is -0.121. The van der Waals surface area contributed by atoms with Crippen molar-refractivity contribution in [1.29, 1.82) is 0 Å². The van der Waals surface area contributed by atoms with Gasteiger partial charge in [0.25, 0.3) is 5.56 Å². The maximum absolute atomic E-state index is 12.6. The number of likely N-dealkylation sites (tertiary alicyclic amines) is 1. The molecule has 24 heavy (non-hydrogen) atoms. The van der Waals surface area contributed by atoms with Crippen molar-refractivity contribution < 1.29 is 4.79 Å². The molecule has 6 heteroatoms. The average Bonchev–Trinajstić information content (AvgIpc) is 2.57. The summed E-state index contributed by atoms with van der Waals surface area (Å²) in [5.41, 5.74) is 3.08. The number of carbonyl (C=O) groups excluding carboxylic acids is 1. The van der Waals surface area contributed by atoms with Gasteiger partial charge in [0, 0.05) is 23.9 Å². The van der Waals surface area contributed by atoms with Crippen LogP contribution >= 0.6 is 0 Å². The molecular weight excluding hydrogens is 304 g/mol. The highest BCUT2D eigenvalue weighted by atomic mass is 16.2. The lowest BCUT2D eigenvalue weighted by atomic mass is 9.97. The van der Waals surface area contributed by atoms with Crippen LogP contribution in [0.15, 0.2) is 35.1 Å². The van der Waals surface area contributed by atoms with Gasteiger partial charge in [-0.15, -0.1) is 0 Å². The molecule has 0 spiro atoms. The Morgan fingerprint density at radius 2 is 2.17 bits per heavy atom. The molecule has 2 N–H and O–H groups in total. The highest BCUT2D eigenvalue weighted by Crippen LogP contribution is 2.25. The van der Waals surface area contributed by atoms with Crippen molar-refractivity contribution in [2.45, 2.75) is 19.8 Å². The molecule has 0 bridgehead atoms. The second kappa shape index (κ2) is 6.97. The van der Waals surface area contributed by atoms with E-state index in [0.29, 0.717) is 5.69 Å². The zero-order valence-electron chi connectivity index (χ0n) is 14.0. The van der Waals surface area contributed by atoms with Gasteiger partial charge in [0.2, 0.25) is 5.91 Å². The molecule has 3 rings (SSSR count). The number of hydrogen-bond donors (Lipinski definition) is 2. The number of nitrogens with zero attached hydrogens (tertiary/aromatic N) is 2. The van der Waals surface area contributed by atoms with Gasteiger partial charge in [-0.25, -0.2) is 5.10 Å². The monoisotopic (exact) mass is 326 g/mol. The molecule has 1 amide bonds. The van der Waals surface area contributed by atoms with Crippen molar-refractivity contribution in [2.24, 2.45) is 5.92 Å². The van der Waals surface area contributed by atoms with Crippen LogP contribution in [-0.4, -0.2) is 41.1 Å². The van der Waals surface area contributed by atoms with Gasteiger partial charge >= 0.3 is 0 Å². The molecule has 0 aliphatic carbocycles. The second-order valence-electron chi connectivity index (χ2n) is 6.43. The third-order valence-corrected chi connectivity index (χ3v) is 4.47. The Hall–Kier alpha value is -2.47. The largest absolute Gasteiger partial charge is 0.326 e. The van der Waals surface area contributed by atoms with Gasteiger partial charge in [-0.05, 0) is 51.1 Å². The molecule has 1 aromatic carbocycles. The minimum absolute atomic E-state index is 0.0259. The molecule has 1 saturated heterocycles. The summed E-state index contributed by atoms with van der Waals surface area (Å²) < 4.78 is 0. The predicted octanol–water partition coefficient (Wildman–Crippen LogP) is 2.03. The number of aromatic amines is 1. The summed E-state index contributed by atoms with van der Waals surface area (Å²) in [6, 6.07) is 8.90. The summed E-state index contributed by atoms with van der Waals surface area (Å²) in [4.78, 5) is 25.9. The number of aryl methyl sites for hydroxylation is 1. The van der Waals surface area contributed by atoms with Crippen LogP contribution < -0.4 is 10.9 Å². The molecule has 6 nitrogen and oxygen atoms in total. The first kappa shape index (κ1) is 16.4. The summed E-state index contributed by atoms with van der Waals surface area (Å²) in [5.74, 6) is 0.0919. The Kier molecular flexibility index (Phi) is 4.76. The normalized spacial score (nSPS) is 18.3. The maximum atomic E-state index is 12.6. The Labute approximate surface area is 140 Å². The van der Waals surface area contributed by atoms with Crippen LogP contribution in [0.2, 0.25) is 0 Å². The van der Waals surface area contributed by atoms with Crippen molar-refractivity contribution in [3.63, 3.8) is 0 Å². The number of anilines is 1. The fourth-order valence-electron chi connectivity index (χ4n) is 3.04. The first-order valence-electron chi connectivity index (χ1n) is 8.19. The van der Waals surface area contributed by atoms with Gasteiger partial charge in [0.15, 0.2) is 0 Å². The topological polar surface area (TPSA) is 78.1 Å². The number of hydrogen-bond acceptors (Lipinski definition) is 4. The van der Waals surface area contributed by atoms with Gasteiger partial charge < -0.3 is 10.2 Å². The van der Waals surface area contributed by atoms with Crippen LogP contribution in [0.25, 0.3) is 11.3 Å². The summed E-state index contributed by atoms with van der Waals surface area (Å²) >= 11 is 0. The van der Waals surface area contributed by atoms with E-state index >= 15 is 0 Å². The van der Waals surface area contributed by atoms with Crippen molar-refractivity contribution in [1.82, 2.24) is 15.1 Å². The zero-order chi connectivity index (χ0) is 17.1. The van der Waals surface area contributed by atoms with Crippen LogP contribution in [0.3, 0.4) is 0 Å². The highest BCUT2D eigenvalue weighted by molar-refractivity contribution is 5.94. The van der Waals surface area contributed by atoms with E-state index in [1.165, 1.54) is 6.07 Å². The summed E-state index contributed by atoms with van der Waals surface area (Å²) in [7, 11) is 2.05. The molecule has 2 heterocycles. The lowest BCUT2D eigenvalue weighted by Gasteiger charge is -2.28. The molecule has 1 unspecified atom stereocenters. The van der Waals surface area contributed by atoms with E-state index < -0.39 is 0 Å². The standard InChI is InChI=1S/C18H22N4O2/c1-12-5-6-13(15-7-8-17(23)21-20-15)10-16(12)19-18(24)14-4-3-9-22(2)11-14/h5-8,10,14H,3-4,9,11H2,1-2H3,(H,19,24)(H,21,23). The van der Waals surface area contributed by atoms with Crippen molar-refractivity contribution in [3.05, 3.63) is 46.2 Å². The average molecular weight is 326 g/mol. The Balaban J connectivity index is 1.80. The number of rotatable bonds is 3. The highest BCUT2D eigenvalue weighted by Gasteiger charge is 2.24. The van der Waals surface area contributed by atoms with Crippen LogP contribution in [0, 0.1) is 12.8 Å². The lowest BCUT2D eigenvalue weighted by Crippen LogP contribution is -2.38. The number of benzene rings is 1. The molecule has 2 aromatic rings. The van der Waals surface area contributed by atoms with Crippen molar-refractivity contribution in [3.8, 4) is 11.3 Å². The number of H-pyrrole nitrogens is 1. The van der Waals surface area contributed by atoms with E-state index in [1.54, 1.807) is 6.07 Å². The smallest absolute Gasteiger partial charge is 0.264 e. The molecule has 0 radical (unpaired) electrons. The molecule has 1 fully saturated rings. The predicted molar refractivity (Wildman–Crippen MR) is 93.9 cm³/mol. The molecular formula is C18H22N4O2. The fraction of sp³-hybridized carbons (Fsp3) is 0.389. The van der Waals surface area contributed by atoms with Crippen molar-refractivity contribution >= 4 is 11.6 Å². The van der Waals surface area contributed by atoms with Crippen LogP contribution in [0.5, 0.6) is 0 Å². The third kappa shape index (κ3) is 3.71. The molecule has 1 aliphatic heterocycles. The molecule has 1 atom stereocenters. The van der Waals surface area contributed by atoms with E-state index in [4.69, 9.17) is 0 Å². The van der Waals surface area contributed by atoms with Crippen molar-refractivity contribution in [2.75, 3.05) is 25.5 Å². The van der Waals surface area contributed by atoms with E-state index in [2.05, 4.69) is 20.4 Å². The number of amides is 1. The fourth-order valence-corrected chi connectivity index (χ4v) is 3.04. The number of piperidine rings is 1. The first-order valence-corrected chi connectivity index (χ1v) is 8.19. The van der Waals surface area contributed by atoms with E-state index in [1.807, 2.05) is 32.2 Å². The van der Waals surface area contributed by atoms with Gasteiger partial charge in [0.05, 0.1) is 11.6 Å². The van der Waals surface area contributed by atoms with E-state index in [0.717, 1.165) is 42.7 Å². The summed E-state index contributed by atoms with van der Waals surface area (Å²) in [5, 5.41) is 9.53. The Morgan fingerprint density at radius 3 is 2.88 bits per heavy atom. The van der Waals surface area contributed by atoms with Crippen LogP contribution in [0.1, 0.15) is 18.4 Å². The van der Waals surface area contributed by atoms with Gasteiger partial charge in [-0.3, -0.25) is 9.59 Å². The Morgan fingerprint density at radius 1 is 1.33 bits per heavy atom. The van der Waals surface area contributed by atoms with Gasteiger partial charge in [0.1, 0.15) is 0 Å². The Bertz CT molecular complexity index is 779. The van der Waals surface area contributed by atoms with Gasteiger partial charge in [-0.2, -0.15) is 5.10 Å². The molecule has 0 saturated carbocycles. The molecule has 1 aliphatic rings. The van der Waals surface area contributed by atoms with Crippen LogP contribution in [0.4, 0.5) is 5.69 Å². The quantitative estimate of drug-likeness (QED) is 0.904.